The second-order valence-electron chi connectivity index (χ2n) is 3.25. The maximum Gasteiger partial charge on any atom is 0.323 e. The van der Waals surface area contributed by atoms with Crippen LogP contribution in [-0.4, -0.2) is 25.2 Å². The van der Waals surface area contributed by atoms with Crippen LogP contribution in [0.15, 0.2) is 12.7 Å². The van der Waals surface area contributed by atoms with E-state index in [2.05, 4.69) is 11.9 Å². The molecule has 0 aromatic heterocycles. The summed E-state index contributed by atoms with van der Waals surface area (Å²) in [7, 11) is 0. The molecule has 3 nitrogen and oxygen atoms in total. The van der Waals surface area contributed by atoms with Gasteiger partial charge in [0.15, 0.2) is 0 Å². The number of carbonyl (C=O) groups excluding carboxylic acids is 1. The van der Waals surface area contributed by atoms with Crippen LogP contribution in [-0.2, 0) is 9.53 Å². The van der Waals surface area contributed by atoms with Crippen molar-refractivity contribution in [3.8, 4) is 0 Å². The van der Waals surface area contributed by atoms with Crippen molar-refractivity contribution in [1.29, 1.82) is 0 Å². The third kappa shape index (κ3) is 3.59. The van der Waals surface area contributed by atoms with Gasteiger partial charge in [-0.05, 0) is 32.2 Å². The lowest BCUT2D eigenvalue weighted by molar-refractivity contribution is -0.145. The number of esters is 1. The predicted octanol–water partition coefficient (Wildman–Crippen LogP) is 1.25. The van der Waals surface area contributed by atoms with E-state index in [1.807, 2.05) is 6.08 Å². The fourth-order valence-corrected chi connectivity index (χ4v) is 1.39. The molecule has 1 aliphatic heterocycles. The second-order valence-corrected chi connectivity index (χ2v) is 3.25. The Hall–Kier alpha value is -0.830. The summed E-state index contributed by atoms with van der Waals surface area (Å²) in [5.74, 6) is -0.0958. The molecule has 0 radical (unpaired) electrons. The molecule has 0 saturated carbocycles. The fourth-order valence-electron chi connectivity index (χ4n) is 1.39. The van der Waals surface area contributed by atoms with Crippen LogP contribution < -0.4 is 5.32 Å². The zero-order valence-corrected chi connectivity index (χ0v) is 7.92. The van der Waals surface area contributed by atoms with Crippen LogP contribution in [0.4, 0.5) is 0 Å². The summed E-state index contributed by atoms with van der Waals surface area (Å²) in [6.07, 6.45) is 5.61. The van der Waals surface area contributed by atoms with Crippen molar-refractivity contribution in [2.45, 2.75) is 31.7 Å². The normalized spacial score (nSPS) is 21.4. The Bertz CT molecular complexity index is 174. The zero-order chi connectivity index (χ0) is 9.52. The topological polar surface area (TPSA) is 38.3 Å². The van der Waals surface area contributed by atoms with Crippen molar-refractivity contribution in [3.63, 3.8) is 0 Å². The number of rotatable bonds is 5. The summed E-state index contributed by atoms with van der Waals surface area (Å²) in [6.45, 7) is 5.06. The van der Waals surface area contributed by atoms with E-state index in [4.69, 9.17) is 4.74 Å². The maximum absolute atomic E-state index is 11.3. The summed E-state index contributed by atoms with van der Waals surface area (Å²) in [4.78, 5) is 11.3. The van der Waals surface area contributed by atoms with Gasteiger partial charge in [-0.2, -0.15) is 0 Å². The SMILES string of the molecule is C=CCCCOC(=O)C1CCCN1. The Labute approximate surface area is 79.2 Å². The molecule has 0 aromatic carbocycles. The van der Waals surface area contributed by atoms with Crippen LogP contribution in [0.1, 0.15) is 25.7 Å². The van der Waals surface area contributed by atoms with Gasteiger partial charge in [-0.25, -0.2) is 0 Å². The van der Waals surface area contributed by atoms with Gasteiger partial charge >= 0.3 is 5.97 Å². The third-order valence-corrected chi connectivity index (χ3v) is 2.14. The molecule has 1 N–H and O–H groups in total. The minimum absolute atomic E-state index is 0.0521. The number of allylic oxidation sites excluding steroid dienone is 1. The summed E-state index contributed by atoms with van der Waals surface area (Å²) in [5.41, 5.74) is 0. The highest BCUT2D eigenvalue weighted by Gasteiger charge is 2.22. The van der Waals surface area contributed by atoms with E-state index in [0.717, 1.165) is 32.2 Å². The Balaban J connectivity index is 2.06. The lowest BCUT2D eigenvalue weighted by atomic mass is 10.2. The molecule has 0 aliphatic carbocycles. The van der Waals surface area contributed by atoms with Gasteiger partial charge in [-0.3, -0.25) is 4.79 Å². The highest BCUT2D eigenvalue weighted by atomic mass is 16.5. The summed E-state index contributed by atoms with van der Waals surface area (Å²) < 4.78 is 5.08. The minimum Gasteiger partial charge on any atom is -0.465 e. The first-order valence-corrected chi connectivity index (χ1v) is 4.85. The quantitative estimate of drug-likeness (QED) is 0.396. The zero-order valence-electron chi connectivity index (χ0n) is 7.92. The van der Waals surface area contributed by atoms with Crippen LogP contribution in [0.5, 0.6) is 0 Å². The number of carbonyl (C=O) groups is 1. The molecule has 13 heavy (non-hydrogen) atoms. The monoisotopic (exact) mass is 183 g/mol. The number of hydrogen-bond acceptors (Lipinski definition) is 3. The van der Waals surface area contributed by atoms with Crippen molar-refractivity contribution in [2.75, 3.05) is 13.2 Å². The molecule has 0 bridgehead atoms. The minimum atomic E-state index is -0.0958. The molecular weight excluding hydrogens is 166 g/mol. The smallest absolute Gasteiger partial charge is 0.323 e. The fraction of sp³-hybridized carbons (Fsp3) is 0.700. The molecule has 1 aliphatic rings. The average molecular weight is 183 g/mol. The Morgan fingerprint density at radius 3 is 3.15 bits per heavy atom. The first kappa shape index (κ1) is 10.3. The van der Waals surface area contributed by atoms with E-state index < -0.39 is 0 Å². The molecule has 0 aromatic rings. The Morgan fingerprint density at radius 2 is 2.54 bits per heavy atom. The molecule has 0 spiro atoms. The largest absolute Gasteiger partial charge is 0.465 e. The van der Waals surface area contributed by atoms with Gasteiger partial charge in [0.1, 0.15) is 6.04 Å². The van der Waals surface area contributed by atoms with Crippen LogP contribution in [0.3, 0.4) is 0 Å². The van der Waals surface area contributed by atoms with Gasteiger partial charge in [0.2, 0.25) is 0 Å². The molecule has 74 valence electrons. The lowest BCUT2D eigenvalue weighted by Crippen LogP contribution is -2.32. The number of ether oxygens (including phenoxy) is 1. The lowest BCUT2D eigenvalue weighted by Gasteiger charge is -2.09. The van der Waals surface area contributed by atoms with Crippen LogP contribution in [0.25, 0.3) is 0 Å². The summed E-state index contributed by atoms with van der Waals surface area (Å²) >= 11 is 0. The number of unbranched alkanes of at least 4 members (excludes halogenated alkanes) is 1. The van der Waals surface area contributed by atoms with Gasteiger partial charge in [0.25, 0.3) is 0 Å². The number of nitrogens with one attached hydrogen (secondary N) is 1. The summed E-state index contributed by atoms with van der Waals surface area (Å²) in [5, 5.41) is 3.10. The van der Waals surface area contributed by atoms with Gasteiger partial charge in [-0.15, -0.1) is 6.58 Å². The molecular formula is C10H17NO2. The van der Waals surface area contributed by atoms with E-state index in [0.29, 0.717) is 6.61 Å². The molecule has 0 amide bonds. The molecule has 1 atom stereocenters. The Kier molecular flexibility index (Phi) is 4.54. The second kappa shape index (κ2) is 5.75. The average Bonchev–Trinajstić information content (AvgIpc) is 2.65. The van der Waals surface area contributed by atoms with Crippen molar-refractivity contribution in [1.82, 2.24) is 5.32 Å². The molecule has 3 heteroatoms. The molecule has 1 fully saturated rings. The van der Waals surface area contributed by atoms with E-state index in [1.165, 1.54) is 0 Å². The van der Waals surface area contributed by atoms with Crippen molar-refractivity contribution in [2.24, 2.45) is 0 Å². The molecule has 1 heterocycles. The van der Waals surface area contributed by atoms with Crippen molar-refractivity contribution < 1.29 is 9.53 Å². The molecule has 1 rings (SSSR count). The summed E-state index contributed by atoms with van der Waals surface area (Å²) in [6, 6.07) is -0.0521. The highest BCUT2D eigenvalue weighted by molar-refractivity contribution is 5.76. The standard InChI is InChI=1S/C10H17NO2/c1-2-3-4-8-13-10(12)9-6-5-7-11-9/h2,9,11H,1,3-8H2. The maximum atomic E-state index is 11.3. The number of hydrogen-bond donors (Lipinski definition) is 1. The molecule has 1 saturated heterocycles. The Morgan fingerprint density at radius 1 is 1.69 bits per heavy atom. The molecule has 1 unspecified atom stereocenters. The predicted molar refractivity (Wildman–Crippen MR) is 51.4 cm³/mol. The van der Waals surface area contributed by atoms with Gasteiger partial charge in [0.05, 0.1) is 6.61 Å². The van der Waals surface area contributed by atoms with Gasteiger partial charge < -0.3 is 10.1 Å². The van der Waals surface area contributed by atoms with Crippen LogP contribution in [0.2, 0.25) is 0 Å². The highest BCUT2D eigenvalue weighted by Crippen LogP contribution is 2.06. The third-order valence-electron chi connectivity index (χ3n) is 2.14. The van der Waals surface area contributed by atoms with E-state index in [-0.39, 0.29) is 12.0 Å². The van der Waals surface area contributed by atoms with Crippen molar-refractivity contribution in [3.05, 3.63) is 12.7 Å². The van der Waals surface area contributed by atoms with Gasteiger partial charge in [0, 0.05) is 0 Å². The van der Waals surface area contributed by atoms with Crippen LogP contribution >= 0.6 is 0 Å². The van der Waals surface area contributed by atoms with E-state index in [1.54, 1.807) is 0 Å². The van der Waals surface area contributed by atoms with Crippen LogP contribution in [0, 0.1) is 0 Å². The van der Waals surface area contributed by atoms with E-state index in [9.17, 15) is 4.79 Å². The first-order chi connectivity index (χ1) is 6.34. The van der Waals surface area contributed by atoms with E-state index >= 15 is 0 Å². The van der Waals surface area contributed by atoms with Gasteiger partial charge in [-0.1, -0.05) is 6.08 Å². The first-order valence-electron chi connectivity index (χ1n) is 4.85. The van der Waals surface area contributed by atoms with Crippen molar-refractivity contribution >= 4 is 5.97 Å².